The first-order valence-corrected chi connectivity index (χ1v) is 6.93. The molecule has 0 fully saturated rings. The summed E-state index contributed by atoms with van der Waals surface area (Å²) >= 11 is 3.57. The third-order valence-corrected chi connectivity index (χ3v) is 3.84. The summed E-state index contributed by atoms with van der Waals surface area (Å²) in [4.78, 5) is 0. The molecule has 1 nitrogen and oxygen atoms in total. The van der Waals surface area contributed by atoms with Gasteiger partial charge in [0.25, 0.3) is 0 Å². The van der Waals surface area contributed by atoms with Crippen LogP contribution in [-0.2, 0) is 6.42 Å². The van der Waals surface area contributed by atoms with Crippen molar-refractivity contribution in [2.24, 2.45) is 5.73 Å². The van der Waals surface area contributed by atoms with Crippen molar-refractivity contribution in [1.82, 2.24) is 0 Å². The van der Waals surface area contributed by atoms with Gasteiger partial charge < -0.3 is 5.73 Å². The fourth-order valence-electron chi connectivity index (χ4n) is 2.24. The average molecular weight is 304 g/mol. The van der Waals surface area contributed by atoms with Gasteiger partial charge in [0.1, 0.15) is 0 Å². The summed E-state index contributed by atoms with van der Waals surface area (Å²) in [5.41, 5.74) is 11.3. The van der Waals surface area contributed by atoms with Gasteiger partial charge in [-0.05, 0) is 37.5 Å². The van der Waals surface area contributed by atoms with Crippen LogP contribution in [0.2, 0.25) is 0 Å². The van der Waals surface area contributed by atoms with Gasteiger partial charge in [-0.1, -0.05) is 63.5 Å². The van der Waals surface area contributed by atoms with E-state index in [1.165, 1.54) is 22.3 Å². The molecule has 2 rings (SSSR count). The summed E-state index contributed by atoms with van der Waals surface area (Å²) in [5.74, 6) is 0. The molecule has 18 heavy (non-hydrogen) atoms. The molecule has 0 amide bonds. The molecule has 2 aromatic carbocycles. The Morgan fingerprint density at radius 2 is 1.67 bits per heavy atom. The van der Waals surface area contributed by atoms with Crippen LogP contribution in [0, 0.1) is 13.8 Å². The molecule has 0 aliphatic heterocycles. The van der Waals surface area contributed by atoms with E-state index in [0.717, 1.165) is 10.9 Å². The zero-order chi connectivity index (χ0) is 13.1. The molecule has 0 bridgehead atoms. The molecular formula is C16H18BrN. The second-order valence-corrected chi connectivity index (χ2v) is 5.68. The van der Waals surface area contributed by atoms with Crippen LogP contribution < -0.4 is 5.73 Å². The smallest absolute Gasteiger partial charge is 0.0336 e. The molecule has 0 saturated heterocycles. The lowest BCUT2D eigenvalue weighted by molar-refractivity contribution is 0.718. The van der Waals surface area contributed by atoms with E-state index in [4.69, 9.17) is 5.73 Å². The van der Waals surface area contributed by atoms with Crippen LogP contribution >= 0.6 is 15.9 Å². The van der Waals surface area contributed by atoms with Crippen LogP contribution in [0.3, 0.4) is 0 Å². The van der Waals surface area contributed by atoms with Gasteiger partial charge in [0, 0.05) is 10.5 Å². The largest absolute Gasteiger partial charge is 0.324 e. The normalized spacial score (nSPS) is 12.4. The average Bonchev–Trinajstić information content (AvgIpc) is 2.31. The highest BCUT2D eigenvalue weighted by Crippen LogP contribution is 2.23. The van der Waals surface area contributed by atoms with E-state index in [1.807, 2.05) is 12.1 Å². The van der Waals surface area contributed by atoms with Crippen molar-refractivity contribution in [2.45, 2.75) is 26.3 Å². The van der Waals surface area contributed by atoms with E-state index in [9.17, 15) is 0 Å². The standard InChI is InChI=1S/C16H18BrN/c1-11-7-12(2)9-14(8-11)16(18)10-13-5-3-4-6-15(13)17/h3-9,16H,10,18H2,1-2H3. The predicted octanol–water partition coefficient (Wildman–Crippen LogP) is 4.31. The summed E-state index contributed by atoms with van der Waals surface area (Å²) < 4.78 is 1.13. The Bertz CT molecular complexity index is 528. The molecule has 0 aromatic heterocycles. The van der Waals surface area contributed by atoms with Crippen molar-refractivity contribution >= 4 is 15.9 Å². The quantitative estimate of drug-likeness (QED) is 0.898. The molecular weight excluding hydrogens is 286 g/mol. The molecule has 0 aliphatic carbocycles. The Balaban J connectivity index is 2.22. The van der Waals surface area contributed by atoms with E-state index >= 15 is 0 Å². The maximum Gasteiger partial charge on any atom is 0.0336 e. The molecule has 2 aromatic rings. The van der Waals surface area contributed by atoms with Gasteiger partial charge in [-0.2, -0.15) is 0 Å². The van der Waals surface area contributed by atoms with E-state index in [0.29, 0.717) is 0 Å². The van der Waals surface area contributed by atoms with Gasteiger partial charge in [0.15, 0.2) is 0 Å². The van der Waals surface area contributed by atoms with Crippen LogP contribution in [0.1, 0.15) is 28.3 Å². The fraction of sp³-hybridized carbons (Fsp3) is 0.250. The summed E-state index contributed by atoms with van der Waals surface area (Å²) in [7, 11) is 0. The predicted molar refractivity (Wildman–Crippen MR) is 80.7 cm³/mol. The van der Waals surface area contributed by atoms with E-state index in [1.54, 1.807) is 0 Å². The second-order valence-electron chi connectivity index (χ2n) is 4.82. The number of hydrogen-bond acceptors (Lipinski definition) is 1. The van der Waals surface area contributed by atoms with Crippen molar-refractivity contribution in [2.75, 3.05) is 0 Å². The van der Waals surface area contributed by atoms with Gasteiger partial charge in [0.2, 0.25) is 0 Å². The third kappa shape index (κ3) is 3.21. The summed E-state index contributed by atoms with van der Waals surface area (Å²) in [5, 5.41) is 0. The molecule has 1 atom stereocenters. The number of benzene rings is 2. The Hall–Kier alpha value is -1.12. The molecule has 0 aliphatic rings. The third-order valence-electron chi connectivity index (χ3n) is 3.07. The number of aryl methyl sites for hydroxylation is 2. The van der Waals surface area contributed by atoms with E-state index in [-0.39, 0.29) is 6.04 Å². The van der Waals surface area contributed by atoms with Crippen molar-refractivity contribution < 1.29 is 0 Å². The first kappa shape index (κ1) is 13.3. The summed E-state index contributed by atoms with van der Waals surface area (Å²) in [6.07, 6.45) is 0.852. The van der Waals surface area contributed by atoms with Gasteiger partial charge >= 0.3 is 0 Å². The Morgan fingerprint density at radius 3 is 2.28 bits per heavy atom. The second kappa shape index (κ2) is 5.68. The van der Waals surface area contributed by atoms with E-state index < -0.39 is 0 Å². The topological polar surface area (TPSA) is 26.0 Å². The molecule has 0 spiro atoms. The Morgan fingerprint density at radius 1 is 1.06 bits per heavy atom. The highest BCUT2D eigenvalue weighted by Gasteiger charge is 2.09. The summed E-state index contributed by atoms with van der Waals surface area (Å²) in [6.45, 7) is 4.23. The number of halogens is 1. The minimum Gasteiger partial charge on any atom is -0.324 e. The van der Waals surface area contributed by atoms with Crippen LogP contribution in [-0.4, -0.2) is 0 Å². The van der Waals surface area contributed by atoms with Crippen molar-refractivity contribution in [3.8, 4) is 0 Å². The molecule has 0 radical (unpaired) electrons. The number of hydrogen-bond donors (Lipinski definition) is 1. The number of rotatable bonds is 3. The monoisotopic (exact) mass is 303 g/mol. The lowest BCUT2D eigenvalue weighted by atomic mass is 9.97. The van der Waals surface area contributed by atoms with E-state index in [2.05, 4.69) is 60.1 Å². The Labute approximate surface area is 117 Å². The highest BCUT2D eigenvalue weighted by atomic mass is 79.9. The first-order valence-electron chi connectivity index (χ1n) is 6.13. The molecule has 1 unspecified atom stereocenters. The maximum atomic E-state index is 6.31. The van der Waals surface area contributed by atoms with Gasteiger partial charge in [-0.3, -0.25) is 0 Å². The van der Waals surface area contributed by atoms with Crippen molar-refractivity contribution in [3.05, 3.63) is 69.2 Å². The fourth-order valence-corrected chi connectivity index (χ4v) is 2.69. The summed E-state index contributed by atoms with van der Waals surface area (Å²) in [6, 6.07) is 14.8. The SMILES string of the molecule is Cc1cc(C)cc(C(N)Cc2ccccc2Br)c1. The van der Waals surface area contributed by atoms with Gasteiger partial charge in [0.05, 0.1) is 0 Å². The molecule has 0 saturated carbocycles. The zero-order valence-corrected chi connectivity index (χ0v) is 12.4. The van der Waals surface area contributed by atoms with Crippen molar-refractivity contribution in [3.63, 3.8) is 0 Å². The molecule has 94 valence electrons. The zero-order valence-electron chi connectivity index (χ0n) is 10.8. The van der Waals surface area contributed by atoms with Crippen LogP contribution in [0.5, 0.6) is 0 Å². The Kier molecular flexibility index (Phi) is 4.20. The first-order chi connectivity index (χ1) is 8.56. The lowest BCUT2D eigenvalue weighted by Crippen LogP contribution is -2.14. The maximum absolute atomic E-state index is 6.31. The van der Waals surface area contributed by atoms with Crippen molar-refractivity contribution in [1.29, 1.82) is 0 Å². The minimum atomic E-state index is 0.0438. The number of nitrogens with two attached hydrogens (primary N) is 1. The van der Waals surface area contributed by atoms with Crippen LogP contribution in [0.15, 0.2) is 46.9 Å². The molecule has 2 N–H and O–H groups in total. The van der Waals surface area contributed by atoms with Crippen LogP contribution in [0.25, 0.3) is 0 Å². The lowest BCUT2D eigenvalue weighted by Gasteiger charge is -2.15. The highest BCUT2D eigenvalue weighted by molar-refractivity contribution is 9.10. The minimum absolute atomic E-state index is 0.0438. The van der Waals surface area contributed by atoms with Gasteiger partial charge in [-0.25, -0.2) is 0 Å². The van der Waals surface area contributed by atoms with Gasteiger partial charge in [-0.15, -0.1) is 0 Å². The molecule has 2 heteroatoms. The van der Waals surface area contributed by atoms with Crippen LogP contribution in [0.4, 0.5) is 0 Å². The molecule has 0 heterocycles.